The molecule has 0 spiro atoms. The Morgan fingerprint density at radius 2 is 2.31 bits per heavy atom. The van der Waals surface area contributed by atoms with Crippen LogP contribution in [-0.4, -0.2) is 17.8 Å². The molecule has 1 aromatic carbocycles. The Morgan fingerprint density at radius 3 is 3.00 bits per heavy atom. The molecule has 0 bridgehead atoms. The normalized spacial score (nSPS) is 20.2. The molecule has 1 fully saturated rings. The molecule has 1 N–H and O–H groups in total. The van der Waals surface area contributed by atoms with Crippen LogP contribution in [0, 0.1) is 5.82 Å². The van der Waals surface area contributed by atoms with E-state index < -0.39 is 5.82 Å². The minimum absolute atomic E-state index is 0.255. The molecule has 1 unspecified atom stereocenters. The van der Waals surface area contributed by atoms with E-state index in [1.54, 1.807) is 12.1 Å². The highest BCUT2D eigenvalue weighted by atomic mass is 79.9. The Bertz CT molecular complexity index is 376. The quantitative estimate of drug-likeness (QED) is 0.924. The highest BCUT2D eigenvalue weighted by Crippen LogP contribution is 2.30. The van der Waals surface area contributed by atoms with Crippen molar-refractivity contribution in [2.24, 2.45) is 0 Å². The van der Waals surface area contributed by atoms with Gasteiger partial charge in [0, 0.05) is 6.61 Å². The van der Waals surface area contributed by atoms with Crippen LogP contribution in [0.15, 0.2) is 16.6 Å². The fourth-order valence-corrected chi connectivity index (χ4v) is 2.27. The van der Waals surface area contributed by atoms with Gasteiger partial charge in [0.15, 0.2) is 11.6 Å². The smallest absolute Gasteiger partial charge is 0.169 e. The Hall–Kier alpha value is -0.610. The summed E-state index contributed by atoms with van der Waals surface area (Å²) >= 11 is 3.08. The van der Waals surface area contributed by atoms with Crippen LogP contribution in [0.4, 0.5) is 4.39 Å². The molecule has 1 aromatic rings. The molecule has 1 aliphatic rings. The maximum Gasteiger partial charge on any atom is 0.169 e. The predicted octanol–water partition coefficient (Wildman–Crippen LogP) is 3.41. The fraction of sp³-hybridized carbons (Fsp3) is 0.500. The molecular weight excluding hydrogens is 275 g/mol. The van der Waals surface area contributed by atoms with Gasteiger partial charge in [-0.1, -0.05) is 6.07 Å². The average molecular weight is 289 g/mol. The molecule has 1 atom stereocenters. The van der Waals surface area contributed by atoms with Crippen molar-refractivity contribution in [1.82, 2.24) is 0 Å². The summed E-state index contributed by atoms with van der Waals surface area (Å²) < 4.78 is 19.5. The lowest BCUT2D eigenvalue weighted by Crippen LogP contribution is -2.07. The summed E-state index contributed by atoms with van der Waals surface area (Å²) in [5, 5.41) is 9.43. The number of phenolic OH excluding ortho intramolecular Hbond substituents is 1. The van der Waals surface area contributed by atoms with Crippen molar-refractivity contribution in [2.45, 2.75) is 31.8 Å². The summed E-state index contributed by atoms with van der Waals surface area (Å²) in [6, 6.07) is 3.37. The van der Waals surface area contributed by atoms with Gasteiger partial charge >= 0.3 is 0 Å². The Kier molecular flexibility index (Phi) is 3.82. The molecule has 2 nitrogen and oxygen atoms in total. The standard InChI is InChI=1S/C12H14BrFO2/c13-10-6-4-8(11(14)12(10)15)3-5-9-2-1-7-16-9/h4,6,9,15H,1-3,5,7H2. The second-order valence-electron chi connectivity index (χ2n) is 4.04. The van der Waals surface area contributed by atoms with Crippen LogP contribution in [-0.2, 0) is 11.2 Å². The Balaban J connectivity index is 2.01. The molecule has 88 valence electrons. The molecule has 0 radical (unpaired) electrons. The molecule has 1 heterocycles. The molecule has 0 saturated carbocycles. The largest absolute Gasteiger partial charge is 0.504 e. The highest BCUT2D eigenvalue weighted by Gasteiger charge is 2.17. The van der Waals surface area contributed by atoms with Crippen LogP contribution in [0.25, 0.3) is 0 Å². The third-order valence-electron chi connectivity index (χ3n) is 2.91. The lowest BCUT2D eigenvalue weighted by atomic mass is 10.0. The monoisotopic (exact) mass is 288 g/mol. The average Bonchev–Trinajstić information content (AvgIpc) is 2.78. The van der Waals surface area contributed by atoms with Crippen LogP contribution in [0.5, 0.6) is 5.75 Å². The van der Waals surface area contributed by atoms with Gasteiger partial charge < -0.3 is 9.84 Å². The van der Waals surface area contributed by atoms with Gasteiger partial charge in [0.25, 0.3) is 0 Å². The van der Waals surface area contributed by atoms with E-state index in [9.17, 15) is 9.50 Å². The first-order chi connectivity index (χ1) is 7.68. The van der Waals surface area contributed by atoms with E-state index in [4.69, 9.17) is 4.74 Å². The van der Waals surface area contributed by atoms with Crippen LogP contribution in [0.1, 0.15) is 24.8 Å². The minimum atomic E-state index is -0.521. The first kappa shape index (κ1) is 11.9. The zero-order chi connectivity index (χ0) is 11.5. The number of benzene rings is 1. The number of ether oxygens (including phenoxy) is 1. The van der Waals surface area contributed by atoms with E-state index in [1.807, 2.05) is 0 Å². The molecule has 1 saturated heterocycles. The topological polar surface area (TPSA) is 29.5 Å². The van der Waals surface area contributed by atoms with E-state index in [2.05, 4.69) is 15.9 Å². The molecule has 0 aromatic heterocycles. The number of rotatable bonds is 3. The van der Waals surface area contributed by atoms with Crippen molar-refractivity contribution < 1.29 is 14.2 Å². The minimum Gasteiger partial charge on any atom is -0.504 e. The van der Waals surface area contributed by atoms with E-state index >= 15 is 0 Å². The van der Waals surface area contributed by atoms with E-state index in [1.165, 1.54) is 0 Å². The number of hydrogen-bond donors (Lipinski definition) is 1. The number of phenols is 1. The number of aryl methyl sites for hydroxylation is 1. The Morgan fingerprint density at radius 1 is 1.50 bits per heavy atom. The second kappa shape index (κ2) is 5.15. The fourth-order valence-electron chi connectivity index (χ4n) is 1.96. The van der Waals surface area contributed by atoms with Gasteiger partial charge in [-0.25, -0.2) is 4.39 Å². The SMILES string of the molecule is Oc1c(Br)ccc(CCC2CCCO2)c1F. The zero-order valence-electron chi connectivity index (χ0n) is 8.88. The summed E-state index contributed by atoms with van der Waals surface area (Å²) in [6.07, 6.45) is 3.84. The van der Waals surface area contributed by atoms with Gasteiger partial charge in [0.05, 0.1) is 10.6 Å². The summed E-state index contributed by atoms with van der Waals surface area (Å²) in [5.41, 5.74) is 0.552. The van der Waals surface area contributed by atoms with Crippen molar-refractivity contribution >= 4 is 15.9 Å². The lowest BCUT2D eigenvalue weighted by Gasteiger charge is -2.10. The second-order valence-corrected chi connectivity index (χ2v) is 4.90. The van der Waals surface area contributed by atoms with Crippen LogP contribution in [0.2, 0.25) is 0 Å². The zero-order valence-corrected chi connectivity index (χ0v) is 10.5. The van der Waals surface area contributed by atoms with E-state index in [0.29, 0.717) is 16.5 Å². The molecule has 0 aliphatic carbocycles. The first-order valence-electron chi connectivity index (χ1n) is 5.46. The first-order valence-corrected chi connectivity index (χ1v) is 6.25. The maximum absolute atomic E-state index is 13.6. The molecule has 16 heavy (non-hydrogen) atoms. The van der Waals surface area contributed by atoms with Crippen molar-refractivity contribution in [3.05, 3.63) is 28.0 Å². The predicted molar refractivity (Wildman–Crippen MR) is 63.1 cm³/mol. The molecular formula is C12H14BrFO2. The van der Waals surface area contributed by atoms with Gasteiger partial charge in [0.2, 0.25) is 0 Å². The van der Waals surface area contributed by atoms with Gasteiger partial charge in [-0.2, -0.15) is 0 Å². The molecule has 1 aliphatic heterocycles. The summed E-state index contributed by atoms with van der Waals surface area (Å²) in [7, 11) is 0. The molecule has 4 heteroatoms. The van der Waals surface area contributed by atoms with Crippen LogP contribution < -0.4 is 0 Å². The van der Waals surface area contributed by atoms with Gasteiger partial charge in [-0.3, -0.25) is 0 Å². The van der Waals surface area contributed by atoms with Crippen molar-refractivity contribution in [3.63, 3.8) is 0 Å². The summed E-state index contributed by atoms with van der Waals surface area (Å²) in [6.45, 7) is 0.818. The van der Waals surface area contributed by atoms with Crippen LogP contribution in [0.3, 0.4) is 0 Å². The third kappa shape index (κ3) is 2.55. The van der Waals surface area contributed by atoms with Gasteiger partial charge in [-0.05, 0) is 53.2 Å². The Labute approximate surface area is 103 Å². The number of hydrogen-bond acceptors (Lipinski definition) is 2. The van der Waals surface area contributed by atoms with E-state index in [0.717, 1.165) is 25.9 Å². The van der Waals surface area contributed by atoms with Gasteiger partial charge in [-0.15, -0.1) is 0 Å². The van der Waals surface area contributed by atoms with Crippen LogP contribution >= 0.6 is 15.9 Å². The summed E-state index contributed by atoms with van der Waals surface area (Å²) in [4.78, 5) is 0. The molecule has 2 rings (SSSR count). The van der Waals surface area contributed by atoms with Crippen molar-refractivity contribution in [2.75, 3.05) is 6.61 Å². The number of aromatic hydroxyl groups is 1. The van der Waals surface area contributed by atoms with E-state index in [-0.39, 0.29) is 11.9 Å². The third-order valence-corrected chi connectivity index (χ3v) is 3.55. The number of halogens is 2. The maximum atomic E-state index is 13.6. The van der Waals surface area contributed by atoms with Crippen molar-refractivity contribution in [1.29, 1.82) is 0 Å². The van der Waals surface area contributed by atoms with Crippen molar-refractivity contribution in [3.8, 4) is 5.75 Å². The molecule has 0 amide bonds. The van der Waals surface area contributed by atoms with Gasteiger partial charge in [0.1, 0.15) is 0 Å². The summed E-state index contributed by atoms with van der Waals surface area (Å²) in [5.74, 6) is -0.822. The lowest BCUT2D eigenvalue weighted by molar-refractivity contribution is 0.104. The highest BCUT2D eigenvalue weighted by molar-refractivity contribution is 9.10.